The summed E-state index contributed by atoms with van der Waals surface area (Å²) in [5.74, 6) is 0.962. The quantitative estimate of drug-likeness (QED) is 0.764. The molecule has 2 unspecified atom stereocenters. The molecular formula is C13H24N2O. The van der Waals surface area contributed by atoms with Crippen LogP contribution in [0.3, 0.4) is 0 Å². The second kappa shape index (κ2) is 3.97. The van der Waals surface area contributed by atoms with Crippen LogP contribution in [0.15, 0.2) is 0 Å². The first kappa shape index (κ1) is 11.0. The Morgan fingerprint density at radius 3 is 2.69 bits per heavy atom. The molecule has 0 aromatic rings. The molecule has 0 radical (unpaired) electrons. The molecule has 2 saturated heterocycles. The van der Waals surface area contributed by atoms with Gasteiger partial charge in [-0.2, -0.15) is 0 Å². The van der Waals surface area contributed by atoms with Crippen molar-refractivity contribution < 1.29 is 4.74 Å². The summed E-state index contributed by atoms with van der Waals surface area (Å²) in [6.07, 6.45) is 4.12. The van der Waals surface area contributed by atoms with Gasteiger partial charge in [-0.15, -0.1) is 0 Å². The normalized spacial score (nSPS) is 40.1. The maximum absolute atomic E-state index is 5.56. The highest BCUT2D eigenvalue weighted by Gasteiger charge is 2.43. The predicted molar refractivity (Wildman–Crippen MR) is 64.5 cm³/mol. The van der Waals surface area contributed by atoms with Crippen molar-refractivity contribution in [3.05, 3.63) is 0 Å². The Bertz CT molecular complexity index is 257. The van der Waals surface area contributed by atoms with Crippen LogP contribution in [-0.2, 0) is 4.74 Å². The summed E-state index contributed by atoms with van der Waals surface area (Å²) >= 11 is 0. The number of rotatable bonds is 2. The van der Waals surface area contributed by atoms with Crippen molar-refractivity contribution in [1.29, 1.82) is 0 Å². The van der Waals surface area contributed by atoms with E-state index >= 15 is 0 Å². The van der Waals surface area contributed by atoms with E-state index in [2.05, 4.69) is 24.1 Å². The van der Waals surface area contributed by atoms with Crippen LogP contribution in [0.5, 0.6) is 0 Å². The summed E-state index contributed by atoms with van der Waals surface area (Å²) < 4.78 is 5.56. The molecule has 2 aliphatic heterocycles. The third-order valence-corrected chi connectivity index (χ3v) is 4.33. The number of piperazine rings is 1. The van der Waals surface area contributed by atoms with E-state index in [1.165, 1.54) is 32.4 Å². The lowest BCUT2D eigenvalue weighted by molar-refractivity contribution is 0.0371. The number of ether oxygens (including phenoxy) is 1. The molecule has 3 rings (SSSR count). The zero-order valence-corrected chi connectivity index (χ0v) is 10.5. The Balaban J connectivity index is 1.72. The molecule has 2 heterocycles. The van der Waals surface area contributed by atoms with Gasteiger partial charge in [-0.3, -0.25) is 4.90 Å². The summed E-state index contributed by atoms with van der Waals surface area (Å²) in [5.41, 5.74) is 0.272. The molecule has 0 aromatic carbocycles. The molecule has 92 valence electrons. The van der Waals surface area contributed by atoms with Gasteiger partial charge in [-0.05, 0) is 39.0 Å². The molecule has 2 atom stereocenters. The van der Waals surface area contributed by atoms with Gasteiger partial charge in [0.1, 0.15) is 0 Å². The number of hydrogen-bond donors (Lipinski definition) is 1. The van der Waals surface area contributed by atoms with Crippen molar-refractivity contribution in [3.8, 4) is 0 Å². The minimum absolute atomic E-state index is 0.272. The Labute approximate surface area is 98.5 Å². The molecule has 3 heteroatoms. The van der Waals surface area contributed by atoms with Crippen LogP contribution in [0.25, 0.3) is 0 Å². The van der Waals surface area contributed by atoms with Gasteiger partial charge in [0.15, 0.2) is 0 Å². The van der Waals surface area contributed by atoms with Crippen LogP contribution < -0.4 is 5.32 Å². The second-order valence-corrected chi connectivity index (χ2v) is 6.36. The van der Waals surface area contributed by atoms with Crippen molar-refractivity contribution in [1.82, 2.24) is 10.2 Å². The monoisotopic (exact) mass is 224 g/mol. The van der Waals surface area contributed by atoms with Gasteiger partial charge in [0.25, 0.3) is 0 Å². The number of nitrogens with one attached hydrogen (secondary N) is 1. The van der Waals surface area contributed by atoms with E-state index in [1.807, 2.05) is 0 Å². The van der Waals surface area contributed by atoms with E-state index in [1.54, 1.807) is 0 Å². The number of hydrogen-bond acceptors (Lipinski definition) is 3. The molecule has 16 heavy (non-hydrogen) atoms. The van der Waals surface area contributed by atoms with Gasteiger partial charge in [-0.1, -0.05) is 0 Å². The zero-order valence-electron chi connectivity index (χ0n) is 10.5. The first-order valence-electron chi connectivity index (χ1n) is 6.74. The lowest BCUT2D eigenvalue weighted by Crippen LogP contribution is -2.64. The summed E-state index contributed by atoms with van der Waals surface area (Å²) in [6, 6.07) is 1.46. The zero-order chi connectivity index (χ0) is 11.2. The largest absolute Gasteiger partial charge is 0.380 e. The van der Waals surface area contributed by atoms with Crippen LogP contribution in [0.1, 0.15) is 33.1 Å². The number of nitrogens with zero attached hydrogens (tertiary/aromatic N) is 1. The maximum Gasteiger partial charge on any atom is 0.0622 e. The van der Waals surface area contributed by atoms with Crippen LogP contribution in [0.2, 0.25) is 0 Å². The third kappa shape index (κ3) is 2.13. The van der Waals surface area contributed by atoms with Gasteiger partial charge >= 0.3 is 0 Å². The van der Waals surface area contributed by atoms with Gasteiger partial charge in [0, 0.05) is 37.3 Å². The molecule has 1 N–H and O–H groups in total. The van der Waals surface area contributed by atoms with E-state index < -0.39 is 0 Å². The van der Waals surface area contributed by atoms with Crippen molar-refractivity contribution >= 4 is 0 Å². The van der Waals surface area contributed by atoms with Gasteiger partial charge in [-0.25, -0.2) is 0 Å². The first-order chi connectivity index (χ1) is 7.66. The first-order valence-corrected chi connectivity index (χ1v) is 6.74. The highest BCUT2D eigenvalue weighted by molar-refractivity contribution is 5.00. The Kier molecular flexibility index (Phi) is 2.73. The highest BCUT2D eigenvalue weighted by atomic mass is 16.5. The molecule has 1 aliphatic carbocycles. The molecule has 1 saturated carbocycles. The van der Waals surface area contributed by atoms with Crippen LogP contribution in [0.4, 0.5) is 0 Å². The maximum atomic E-state index is 5.56. The summed E-state index contributed by atoms with van der Waals surface area (Å²) in [7, 11) is 0. The molecule has 3 aliphatic rings. The van der Waals surface area contributed by atoms with Crippen LogP contribution >= 0.6 is 0 Å². The van der Waals surface area contributed by atoms with Gasteiger partial charge in [0.2, 0.25) is 0 Å². The summed E-state index contributed by atoms with van der Waals surface area (Å²) in [6.45, 7) is 8.92. The fourth-order valence-corrected chi connectivity index (χ4v) is 3.23. The standard InChI is InChI=1S/C13H24N2O/c1-13(2)9-15(11-5-6-16-8-11)12(7-14-13)10-3-4-10/h10-12,14H,3-9H2,1-2H3. The van der Waals surface area contributed by atoms with E-state index in [0.717, 1.165) is 25.2 Å². The summed E-state index contributed by atoms with van der Waals surface area (Å²) in [4.78, 5) is 2.75. The van der Waals surface area contributed by atoms with E-state index in [0.29, 0.717) is 6.04 Å². The topological polar surface area (TPSA) is 24.5 Å². The molecule has 0 amide bonds. The van der Waals surface area contributed by atoms with Crippen molar-refractivity contribution in [2.75, 3.05) is 26.3 Å². The van der Waals surface area contributed by atoms with Crippen molar-refractivity contribution in [2.45, 2.75) is 50.7 Å². The fourth-order valence-electron chi connectivity index (χ4n) is 3.23. The van der Waals surface area contributed by atoms with Crippen LogP contribution in [0, 0.1) is 5.92 Å². The van der Waals surface area contributed by atoms with Gasteiger partial charge < -0.3 is 10.1 Å². The van der Waals surface area contributed by atoms with Crippen molar-refractivity contribution in [2.24, 2.45) is 5.92 Å². The SMILES string of the molecule is CC1(C)CN(C2CCOC2)C(C2CC2)CN1. The average Bonchev–Trinajstić information content (AvgIpc) is 2.93. The Morgan fingerprint density at radius 2 is 2.06 bits per heavy atom. The lowest BCUT2D eigenvalue weighted by Gasteiger charge is -2.47. The van der Waals surface area contributed by atoms with E-state index in [4.69, 9.17) is 4.74 Å². The minimum Gasteiger partial charge on any atom is -0.380 e. The fraction of sp³-hybridized carbons (Fsp3) is 1.00. The second-order valence-electron chi connectivity index (χ2n) is 6.36. The summed E-state index contributed by atoms with van der Waals surface area (Å²) in [5, 5.41) is 3.70. The third-order valence-electron chi connectivity index (χ3n) is 4.33. The van der Waals surface area contributed by atoms with Crippen LogP contribution in [-0.4, -0.2) is 48.8 Å². The van der Waals surface area contributed by atoms with Crippen molar-refractivity contribution in [3.63, 3.8) is 0 Å². The molecular weight excluding hydrogens is 200 g/mol. The Morgan fingerprint density at radius 1 is 1.25 bits per heavy atom. The smallest absolute Gasteiger partial charge is 0.0622 e. The lowest BCUT2D eigenvalue weighted by atomic mass is 9.94. The highest BCUT2D eigenvalue weighted by Crippen LogP contribution is 2.38. The molecule has 0 bridgehead atoms. The molecule has 0 spiro atoms. The predicted octanol–water partition coefficient (Wildman–Crippen LogP) is 1.24. The molecule has 0 aromatic heterocycles. The van der Waals surface area contributed by atoms with E-state index in [-0.39, 0.29) is 5.54 Å². The average molecular weight is 224 g/mol. The Hall–Kier alpha value is -0.120. The minimum atomic E-state index is 0.272. The molecule has 3 nitrogen and oxygen atoms in total. The van der Waals surface area contributed by atoms with E-state index in [9.17, 15) is 0 Å². The van der Waals surface area contributed by atoms with Gasteiger partial charge in [0.05, 0.1) is 6.61 Å². The molecule has 3 fully saturated rings.